The molecule has 0 atom stereocenters. The van der Waals surface area contributed by atoms with E-state index in [0.29, 0.717) is 13.1 Å². The van der Waals surface area contributed by atoms with Crippen LogP contribution in [0, 0.1) is 0 Å². The third kappa shape index (κ3) is 17.5. The van der Waals surface area contributed by atoms with Crippen molar-refractivity contribution in [2.75, 3.05) is 13.1 Å². The predicted octanol–water partition coefficient (Wildman–Crippen LogP) is 20.9. The summed E-state index contributed by atoms with van der Waals surface area (Å²) in [7, 11) is 0. The summed E-state index contributed by atoms with van der Waals surface area (Å²) in [4.78, 5) is 44.9. The normalized spacial score (nSPS) is 11.5. The third-order valence-electron chi connectivity index (χ3n) is 18.0. The molecule has 0 aliphatic heterocycles. The first-order valence-electron chi connectivity index (χ1n) is 34.0. The highest BCUT2D eigenvalue weighted by atomic mass is 79.9. The molecule has 0 saturated carbocycles. The highest BCUT2D eigenvalue weighted by Gasteiger charge is 2.18. The number of hydrogen-bond acceptors (Lipinski definition) is 4. The number of hydrogen-bond donors (Lipinski definition) is 6. The van der Waals surface area contributed by atoms with Crippen LogP contribution in [0.4, 0.5) is 19.2 Å². The van der Waals surface area contributed by atoms with Gasteiger partial charge in [0, 0.05) is 89.5 Å². The van der Waals surface area contributed by atoms with Gasteiger partial charge in [0.25, 0.3) is 0 Å². The molecule has 92 heavy (non-hydrogen) atoms. The van der Waals surface area contributed by atoms with Gasteiger partial charge in [0.1, 0.15) is 0 Å². The molecule has 0 bridgehead atoms. The van der Waals surface area contributed by atoms with Crippen molar-refractivity contribution in [2.45, 2.75) is 182 Å². The number of imide groups is 2. The van der Waals surface area contributed by atoms with Crippen LogP contribution in [0.3, 0.4) is 0 Å². The summed E-state index contributed by atoms with van der Waals surface area (Å²) in [5, 5.41) is 25.7. The predicted molar refractivity (Wildman–Crippen MR) is 395 cm³/mol. The van der Waals surface area contributed by atoms with Crippen LogP contribution in [-0.2, 0) is 38.8 Å². The molecule has 0 saturated heterocycles. The lowest BCUT2D eigenvalue weighted by molar-refractivity contribution is 0.226. The molecule has 2 heterocycles. The lowest BCUT2D eigenvalue weighted by Gasteiger charge is -2.16. The van der Waals surface area contributed by atoms with Crippen LogP contribution in [0.25, 0.3) is 86.7 Å². The minimum atomic E-state index is -0.938. The Morgan fingerprint density at radius 1 is 0.359 bits per heavy atom. The number of benzene rings is 9. The zero-order chi connectivity index (χ0) is 64.9. The molecule has 484 valence electrons. The van der Waals surface area contributed by atoms with E-state index in [1.807, 2.05) is 0 Å². The number of aryl methyl sites for hydroxylation is 6. The largest absolute Gasteiger partial charge is 0.351 e. The summed E-state index contributed by atoms with van der Waals surface area (Å²) in [5.41, 5.74) is 19.5. The van der Waals surface area contributed by atoms with Gasteiger partial charge in [-0.25, -0.2) is 19.2 Å². The fourth-order valence-corrected chi connectivity index (χ4v) is 14.5. The van der Waals surface area contributed by atoms with Gasteiger partial charge in [-0.1, -0.05) is 209 Å². The monoisotopic (exact) mass is 1360 g/mol. The fraction of sp³-hybridized carbons (Fsp3) is 0.385. The number of urea groups is 4. The average Bonchev–Trinajstić information content (AvgIpc) is 0.989. The van der Waals surface area contributed by atoms with Crippen molar-refractivity contribution in [3.8, 4) is 0 Å². The second-order valence-electron chi connectivity index (χ2n) is 24.8. The van der Waals surface area contributed by atoms with Crippen LogP contribution in [0.2, 0.25) is 0 Å². The number of amides is 8. The molecule has 0 radical (unpaired) electrons. The summed E-state index contributed by atoms with van der Waals surface area (Å²) in [6, 6.07) is 47.1. The van der Waals surface area contributed by atoms with E-state index in [2.05, 4.69) is 230 Å². The second-order valence-corrected chi connectivity index (χ2v) is 26.5. The van der Waals surface area contributed by atoms with Crippen LogP contribution in [-0.4, -0.2) is 46.3 Å². The summed E-state index contributed by atoms with van der Waals surface area (Å²) in [5.74, 6) is 0. The number of carbonyl (C=O) groups is 4. The SMILES string of the molecule is Brc1ccc2cccc3c4c(Br)ccc5cccc(c1c23)c54.CCCCCCc1ccc2c(c1)c1cc(CCCCCC)ccc1n2CCCNC(=O)NC(=O)NCCCn1c2ccc(CCCCCC)cc2c2cc(CCCCCC)ccc21.NC(=O)NC(N)=O. The van der Waals surface area contributed by atoms with Gasteiger partial charge in [-0.3, -0.25) is 10.6 Å². The van der Waals surface area contributed by atoms with Crippen molar-refractivity contribution in [3.63, 3.8) is 0 Å². The van der Waals surface area contributed by atoms with E-state index in [4.69, 9.17) is 0 Å². The number of primary amides is 2. The van der Waals surface area contributed by atoms with Crippen LogP contribution in [0.15, 0.2) is 142 Å². The van der Waals surface area contributed by atoms with E-state index >= 15 is 0 Å². The molecule has 12 nitrogen and oxygen atoms in total. The van der Waals surface area contributed by atoms with E-state index in [1.54, 1.807) is 5.32 Å². The number of carbonyl (C=O) groups excluding carboxylic acids is 4. The van der Waals surface area contributed by atoms with E-state index in [-0.39, 0.29) is 0 Å². The molecule has 0 fully saturated rings. The smallest absolute Gasteiger partial charge is 0.322 e. The van der Waals surface area contributed by atoms with Gasteiger partial charge in [0.2, 0.25) is 0 Å². The van der Waals surface area contributed by atoms with Crippen molar-refractivity contribution in [1.29, 1.82) is 0 Å². The van der Waals surface area contributed by atoms with Crippen molar-refractivity contribution in [3.05, 3.63) is 165 Å². The number of unbranched alkanes of at least 4 members (excludes halogenated alkanes) is 12. The van der Waals surface area contributed by atoms with Crippen molar-refractivity contribution < 1.29 is 19.2 Å². The Morgan fingerprint density at radius 3 is 0.978 bits per heavy atom. The highest BCUT2D eigenvalue weighted by molar-refractivity contribution is 9.11. The molecule has 14 heteroatoms. The molecule has 2 aromatic heterocycles. The minimum absolute atomic E-state index is 0.464. The number of fused-ring (bicyclic) bond motifs is 8. The molecular formula is C78H94Br2N8O4. The summed E-state index contributed by atoms with van der Waals surface area (Å²) < 4.78 is 7.14. The van der Waals surface area contributed by atoms with E-state index in [0.717, 1.165) is 60.6 Å². The summed E-state index contributed by atoms with van der Waals surface area (Å²) in [6.07, 6.45) is 26.2. The van der Waals surface area contributed by atoms with Gasteiger partial charge < -0.3 is 31.2 Å². The molecule has 0 spiro atoms. The van der Waals surface area contributed by atoms with Gasteiger partial charge in [0.05, 0.1) is 0 Å². The maximum atomic E-state index is 12.8. The van der Waals surface area contributed by atoms with Gasteiger partial charge in [-0.2, -0.15) is 0 Å². The first-order valence-corrected chi connectivity index (χ1v) is 35.6. The number of aromatic nitrogens is 2. The van der Waals surface area contributed by atoms with Crippen LogP contribution < -0.4 is 32.7 Å². The summed E-state index contributed by atoms with van der Waals surface area (Å²) in [6.45, 7) is 11.6. The molecule has 0 aliphatic carbocycles. The molecule has 8 N–H and O–H groups in total. The summed E-state index contributed by atoms with van der Waals surface area (Å²) >= 11 is 7.54. The minimum Gasteiger partial charge on any atom is -0.351 e. The van der Waals surface area contributed by atoms with Crippen LogP contribution >= 0.6 is 31.9 Å². The Kier molecular flexibility index (Phi) is 25.6. The zero-order valence-corrected chi connectivity index (χ0v) is 57.7. The van der Waals surface area contributed by atoms with Crippen LogP contribution in [0.1, 0.15) is 166 Å². The first-order chi connectivity index (χ1) is 44.8. The Labute approximate surface area is 559 Å². The Hall–Kier alpha value is -7.68. The third-order valence-corrected chi connectivity index (χ3v) is 19.3. The number of nitrogens with one attached hydrogen (secondary N) is 4. The molecular weight excluding hydrogens is 1270 g/mol. The Balaban J connectivity index is 0.000000279. The fourth-order valence-electron chi connectivity index (χ4n) is 13.4. The van der Waals surface area contributed by atoms with E-state index in [9.17, 15) is 19.2 Å². The van der Waals surface area contributed by atoms with Crippen molar-refractivity contribution >= 4 is 143 Å². The maximum absolute atomic E-state index is 12.8. The number of halogens is 2. The standard InChI is InChI=1S/C56H79N5O2.C20H10Br2.C2H5N3O2/c1-5-9-13-17-23-43-27-31-51-47(39-43)48-40-44(24-18-14-10-6-2)28-32-52(48)60(51)37-21-35-57-55(62)59-56(63)58-36-22-38-61-53-33-29-45(25-19-15-11-7-3)41-49(53)50-42-46(30-34-54(50)61)26-20-16-12-8-4;21-15-10-8-12-4-2-6-14-18(12)19(15)13-5-1-3-11-7-9-16(22)20(14)17(11)13;3-1(6)5-2(4)7/h27-34,39-42H,5-26,35-38H2,1-4H3,(H3,57,58,59,62,63);1-10H;(H5,3,4,5,6,7). The lowest BCUT2D eigenvalue weighted by atomic mass is 9.90. The number of nitrogens with zero attached hydrogens (tertiary/aromatic N) is 2. The molecule has 8 amide bonds. The molecule has 11 rings (SSSR count). The average molecular weight is 1370 g/mol. The van der Waals surface area contributed by atoms with Crippen molar-refractivity contribution in [1.82, 2.24) is 30.4 Å². The topological polar surface area (TPSA) is 178 Å². The van der Waals surface area contributed by atoms with Gasteiger partial charge in [-0.15, -0.1) is 0 Å². The molecule has 0 aliphatic rings. The highest BCUT2D eigenvalue weighted by Crippen LogP contribution is 2.45. The second kappa shape index (κ2) is 34.3. The maximum Gasteiger partial charge on any atom is 0.322 e. The number of rotatable bonds is 28. The van der Waals surface area contributed by atoms with Crippen LogP contribution in [0.5, 0.6) is 0 Å². The quantitative estimate of drug-likeness (QED) is 0.0163. The molecule has 9 aromatic carbocycles. The van der Waals surface area contributed by atoms with Gasteiger partial charge >= 0.3 is 24.1 Å². The van der Waals surface area contributed by atoms with Gasteiger partial charge in [0.15, 0.2) is 0 Å². The zero-order valence-electron chi connectivity index (χ0n) is 54.5. The van der Waals surface area contributed by atoms with Gasteiger partial charge in [-0.05, 0) is 179 Å². The first kappa shape index (κ1) is 68.7. The Bertz CT molecular complexity index is 3890. The Morgan fingerprint density at radius 2 is 0.685 bits per heavy atom. The molecule has 0 unspecified atom stereocenters. The van der Waals surface area contributed by atoms with E-state index < -0.39 is 24.1 Å². The van der Waals surface area contributed by atoms with E-state index in [1.165, 1.54) is 212 Å². The number of nitrogens with two attached hydrogens (primary N) is 2. The lowest BCUT2D eigenvalue weighted by Crippen LogP contribution is -2.45. The van der Waals surface area contributed by atoms with Crippen molar-refractivity contribution in [2.24, 2.45) is 11.5 Å². The molecule has 11 aromatic rings.